The van der Waals surface area contributed by atoms with E-state index >= 15 is 0 Å². The van der Waals surface area contributed by atoms with Gasteiger partial charge in [-0.3, -0.25) is 0 Å². The smallest absolute Gasteiger partial charge is 0.164 e. The molecule has 0 saturated carbocycles. The van der Waals surface area contributed by atoms with Gasteiger partial charge in [-0.15, -0.1) is 0 Å². The van der Waals surface area contributed by atoms with Crippen LogP contribution in [0.25, 0.3) is 0 Å². The van der Waals surface area contributed by atoms with Crippen LogP contribution < -0.4 is 0 Å². The molecule has 6 atom stereocenters. The summed E-state index contributed by atoms with van der Waals surface area (Å²) >= 11 is 0. The summed E-state index contributed by atoms with van der Waals surface area (Å²) in [5.41, 5.74) is 2.04. The highest BCUT2D eigenvalue weighted by Crippen LogP contribution is 2.35. The SMILES string of the molecule is COOC(C)[C@@H](OOC)[C@@H](OOC)[C@@H]1OC(C)(C)O[C@H](COCc2ccccc2)[C@H]1OCc1ccccc1. The van der Waals surface area contributed by atoms with Gasteiger partial charge in [-0.05, 0) is 31.9 Å². The lowest BCUT2D eigenvalue weighted by Crippen LogP contribution is -2.63. The summed E-state index contributed by atoms with van der Waals surface area (Å²) in [5.74, 6) is -1.00. The molecule has 1 aliphatic heterocycles. The first-order valence-electron chi connectivity index (χ1n) is 12.6. The van der Waals surface area contributed by atoms with Crippen LogP contribution in [0.4, 0.5) is 0 Å². The largest absolute Gasteiger partial charge is 0.374 e. The van der Waals surface area contributed by atoms with Crippen LogP contribution in [-0.2, 0) is 61.5 Å². The van der Waals surface area contributed by atoms with Gasteiger partial charge in [-0.25, -0.2) is 29.3 Å². The fourth-order valence-electron chi connectivity index (χ4n) is 4.41. The summed E-state index contributed by atoms with van der Waals surface area (Å²) in [6.45, 7) is 6.38. The fourth-order valence-corrected chi connectivity index (χ4v) is 4.41. The lowest BCUT2D eigenvalue weighted by molar-refractivity contribution is -0.442. The Balaban J connectivity index is 1.89. The molecule has 1 fully saturated rings. The van der Waals surface area contributed by atoms with Crippen molar-refractivity contribution >= 4 is 0 Å². The zero-order chi connectivity index (χ0) is 27.4. The van der Waals surface area contributed by atoms with Crippen molar-refractivity contribution in [2.45, 2.75) is 76.4 Å². The van der Waals surface area contributed by atoms with E-state index in [9.17, 15) is 0 Å². The molecule has 2 aromatic carbocycles. The molecular formula is C28H40O10. The molecule has 10 nitrogen and oxygen atoms in total. The molecule has 0 spiro atoms. The zero-order valence-corrected chi connectivity index (χ0v) is 22.9. The van der Waals surface area contributed by atoms with Crippen molar-refractivity contribution in [3.8, 4) is 0 Å². The fraction of sp³-hybridized carbons (Fsp3) is 0.571. The molecule has 1 unspecified atom stereocenters. The van der Waals surface area contributed by atoms with Crippen molar-refractivity contribution in [3.63, 3.8) is 0 Å². The second kappa shape index (κ2) is 15.6. The minimum absolute atomic E-state index is 0.247. The number of ether oxygens (including phenoxy) is 4. The first kappa shape index (κ1) is 30.6. The highest BCUT2D eigenvalue weighted by molar-refractivity contribution is 5.14. The van der Waals surface area contributed by atoms with E-state index in [4.69, 9.17) is 48.3 Å². The highest BCUT2D eigenvalue weighted by atomic mass is 17.2. The molecule has 0 radical (unpaired) electrons. The van der Waals surface area contributed by atoms with Gasteiger partial charge in [0.15, 0.2) is 18.0 Å². The Hall–Kier alpha value is -1.96. The molecule has 0 N–H and O–H groups in total. The molecule has 0 aliphatic carbocycles. The topological polar surface area (TPSA) is 92.3 Å². The number of rotatable bonds is 16. The van der Waals surface area contributed by atoms with E-state index < -0.39 is 42.4 Å². The van der Waals surface area contributed by atoms with Crippen molar-refractivity contribution in [1.82, 2.24) is 0 Å². The van der Waals surface area contributed by atoms with Gasteiger partial charge in [0.25, 0.3) is 0 Å². The second-order valence-electron chi connectivity index (χ2n) is 9.32. The first-order chi connectivity index (χ1) is 18.4. The first-order valence-corrected chi connectivity index (χ1v) is 12.6. The van der Waals surface area contributed by atoms with Crippen LogP contribution in [-0.4, -0.2) is 70.3 Å². The van der Waals surface area contributed by atoms with E-state index in [2.05, 4.69) is 0 Å². The van der Waals surface area contributed by atoms with Gasteiger partial charge >= 0.3 is 0 Å². The number of hydrogen-bond donors (Lipinski definition) is 0. The Morgan fingerprint density at radius 2 is 1.34 bits per heavy atom. The average molecular weight is 537 g/mol. The van der Waals surface area contributed by atoms with Crippen molar-refractivity contribution in [3.05, 3.63) is 71.8 Å². The molecule has 3 rings (SSSR count). The van der Waals surface area contributed by atoms with Gasteiger partial charge in [0.05, 0.1) is 41.2 Å². The standard InChI is InChI=1S/C28H40O10/c1-20(36-29-4)24(37-30-5)27(38-31-6)26-25(33-18-22-15-11-8-12-16-22)23(34-28(2,3)35-26)19-32-17-21-13-9-7-10-14-21/h7-16,20,23-27H,17-19H2,1-6H3/t20?,23-,24-,25-,26-,27-/m1/s1. The predicted molar refractivity (Wildman–Crippen MR) is 136 cm³/mol. The summed E-state index contributed by atoms with van der Waals surface area (Å²) in [6, 6.07) is 19.8. The summed E-state index contributed by atoms with van der Waals surface area (Å²) in [7, 11) is 4.21. The molecule has 212 valence electrons. The van der Waals surface area contributed by atoms with Gasteiger partial charge in [-0.2, -0.15) is 0 Å². The lowest BCUT2D eigenvalue weighted by atomic mass is 9.94. The maximum absolute atomic E-state index is 6.45. The van der Waals surface area contributed by atoms with E-state index in [1.165, 1.54) is 21.3 Å². The maximum Gasteiger partial charge on any atom is 0.164 e. The number of hydrogen-bond acceptors (Lipinski definition) is 10. The summed E-state index contributed by atoms with van der Waals surface area (Å²) in [5, 5.41) is 0. The van der Waals surface area contributed by atoms with Crippen molar-refractivity contribution in [2.24, 2.45) is 0 Å². The molecule has 2 aromatic rings. The molecular weight excluding hydrogens is 496 g/mol. The van der Waals surface area contributed by atoms with Crippen LogP contribution in [0.3, 0.4) is 0 Å². The van der Waals surface area contributed by atoms with Gasteiger partial charge in [-0.1, -0.05) is 60.7 Å². The summed E-state index contributed by atoms with van der Waals surface area (Å²) in [6.07, 6.45) is -4.22. The second-order valence-corrected chi connectivity index (χ2v) is 9.32. The average Bonchev–Trinajstić information content (AvgIpc) is 2.91. The third-order valence-electron chi connectivity index (χ3n) is 6.00. The Morgan fingerprint density at radius 3 is 1.92 bits per heavy atom. The Bertz CT molecular complexity index is 897. The van der Waals surface area contributed by atoms with E-state index in [-0.39, 0.29) is 6.61 Å². The minimum Gasteiger partial charge on any atom is -0.374 e. The van der Waals surface area contributed by atoms with Crippen LogP contribution in [0.1, 0.15) is 31.9 Å². The molecule has 10 heteroatoms. The quantitative estimate of drug-likeness (QED) is 0.230. The van der Waals surface area contributed by atoms with Crippen LogP contribution in [0.2, 0.25) is 0 Å². The summed E-state index contributed by atoms with van der Waals surface area (Å²) < 4.78 is 25.3. The molecule has 0 aromatic heterocycles. The molecule has 38 heavy (non-hydrogen) atoms. The van der Waals surface area contributed by atoms with Crippen LogP contribution in [0.5, 0.6) is 0 Å². The summed E-state index contributed by atoms with van der Waals surface area (Å²) in [4.78, 5) is 31.7. The normalized spacial score (nSPS) is 23.6. The van der Waals surface area contributed by atoms with E-state index in [0.29, 0.717) is 13.2 Å². The van der Waals surface area contributed by atoms with Crippen LogP contribution in [0.15, 0.2) is 60.7 Å². The minimum atomic E-state index is -1.00. The van der Waals surface area contributed by atoms with E-state index in [1.807, 2.05) is 74.5 Å². The highest BCUT2D eigenvalue weighted by Gasteiger charge is 2.52. The van der Waals surface area contributed by atoms with Crippen molar-refractivity contribution in [2.75, 3.05) is 27.9 Å². The lowest BCUT2D eigenvalue weighted by Gasteiger charge is -2.48. The molecule has 0 amide bonds. The Morgan fingerprint density at radius 1 is 0.763 bits per heavy atom. The molecule has 1 aliphatic rings. The number of benzene rings is 2. The van der Waals surface area contributed by atoms with Crippen molar-refractivity contribution < 1.29 is 48.3 Å². The zero-order valence-electron chi connectivity index (χ0n) is 22.9. The maximum atomic E-state index is 6.45. The third-order valence-corrected chi connectivity index (χ3v) is 6.00. The van der Waals surface area contributed by atoms with Crippen LogP contribution in [0, 0.1) is 0 Å². The van der Waals surface area contributed by atoms with Gasteiger partial charge in [0.2, 0.25) is 0 Å². The van der Waals surface area contributed by atoms with E-state index in [0.717, 1.165) is 11.1 Å². The van der Waals surface area contributed by atoms with Gasteiger partial charge in [0.1, 0.15) is 24.4 Å². The molecule has 1 saturated heterocycles. The van der Waals surface area contributed by atoms with Crippen LogP contribution >= 0.6 is 0 Å². The predicted octanol–water partition coefficient (Wildman–Crippen LogP) is 4.17. The van der Waals surface area contributed by atoms with Gasteiger partial charge < -0.3 is 18.9 Å². The Labute approximate surface area is 224 Å². The molecule has 1 heterocycles. The Kier molecular flexibility index (Phi) is 12.5. The van der Waals surface area contributed by atoms with Crippen molar-refractivity contribution in [1.29, 1.82) is 0 Å². The van der Waals surface area contributed by atoms with Gasteiger partial charge in [0, 0.05) is 0 Å². The molecule has 0 bridgehead atoms. The monoisotopic (exact) mass is 536 g/mol. The third kappa shape index (κ3) is 9.06. The van der Waals surface area contributed by atoms with E-state index in [1.54, 1.807) is 6.92 Å².